The lowest BCUT2D eigenvalue weighted by atomic mass is 10.1. The first-order valence-corrected chi connectivity index (χ1v) is 8.52. The molecule has 1 amide bonds. The second-order valence-electron chi connectivity index (χ2n) is 4.53. The molecule has 0 atom stereocenters. The quantitative estimate of drug-likeness (QED) is 0.944. The van der Waals surface area contributed by atoms with Gasteiger partial charge in [0.1, 0.15) is 4.21 Å². The molecule has 0 radical (unpaired) electrons. The molecule has 0 aliphatic carbocycles. The summed E-state index contributed by atoms with van der Waals surface area (Å²) in [7, 11) is -3.29. The van der Waals surface area contributed by atoms with Gasteiger partial charge in [0, 0.05) is 11.8 Å². The third-order valence-electron chi connectivity index (χ3n) is 2.70. The lowest BCUT2D eigenvalue weighted by Crippen LogP contribution is -2.13. The topological polar surface area (TPSA) is 76.1 Å². The van der Waals surface area contributed by atoms with Crippen LogP contribution in [0.4, 0.5) is 5.13 Å². The maximum atomic E-state index is 12.1. The zero-order valence-electron chi connectivity index (χ0n) is 11.3. The van der Waals surface area contributed by atoms with Gasteiger partial charge in [-0.3, -0.25) is 10.1 Å². The third kappa shape index (κ3) is 3.23. The van der Waals surface area contributed by atoms with Crippen LogP contribution in [-0.4, -0.2) is 25.6 Å². The molecule has 0 unspecified atom stereocenters. The van der Waals surface area contributed by atoms with Gasteiger partial charge in [-0.1, -0.05) is 29.0 Å². The Morgan fingerprint density at radius 1 is 1.30 bits per heavy atom. The minimum Gasteiger partial charge on any atom is -0.298 e. The van der Waals surface area contributed by atoms with Gasteiger partial charge in [-0.2, -0.15) is 0 Å². The van der Waals surface area contributed by atoms with Gasteiger partial charge in [-0.05, 0) is 25.5 Å². The van der Waals surface area contributed by atoms with Crippen LogP contribution in [0.15, 0.2) is 28.6 Å². The smallest absolute Gasteiger partial charge is 0.257 e. The lowest BCUT2D eigenvalue weighted by molar-refractivity contribution is 0.102. The molecule has 5 nitrogen and oxygen atoms in total. The van der Waals surface area contributed by atoms with Gasteiger partial charge in [0.05, 0.1) is 6.20 Å². The Morgan fingerprint density at radius 2 is 2.00 bits per heavy atom. The van der Waals surface area contributed by atoms with Crippen molar-refractivity contribution in [1.82, 2.24) is 4.98 Å². The van der Waals surface area contributed by atoms with Gasteiger partial charge in [0.2, 0.25) is 0 Å². The molecule has 0 saturated heterocycles. The summed E-state index contributed by atoms with van der Waals surface area (Å²) in [5.41, 5.74) is 2.49. The summed E-state index contributed by atoms with van der Waals surface area (Å²) in [5.74, 6) is -0.295. The molecule has 0 bridgehead atoms. The first-order chi connectivity index (χ1) is 9.27. The predicted octanol–water partition coefficient (Wildman–Crippen LogP) is 2.42. The van der Waals surface area contributed by atoms with Crippen molar-refractivity contribution in [3.05, 3.63) is 41.1 Å². The normalized spacial score (nSPS) is 11.3. The van der Waals surface area contributed by atoms with Crippen molar-refractivity contribution >= 4 is 32.2 Å². The van der Waals surface area contributed by atoms with E-state index in [0.29, 0.717) is 5.56 Å². The predicted molar refractivity (Wildman–Crippen MR) is 79.1 cm³/mol. The van der Waals surface area contributed by atoms with Crippen LogP contribution in [0.1, 0.15) is 21.5 Å². The maximum Gasteiger partial charge on any atom is 0.257 e. The van der Waals surface area contributed by atoms with Gasteiger partial charge in [-0.25, -0.2) is 13.4 Å². The Hall–Kier alpha value is -1.73. The fourth-order valence-electron chi connectivity index (χ4n) is 1.72. The van der Waals surface area contributed by atoms with E-state index in [2.05, 4.69) is 10.3 Å². The summed E-state index contributed by atoms with van der Waals surface area (Å²) in [4.78, 5) is 16.0. The number of benzene rings is 1. The summed E-state index contributed by atoms with van der Waals surface area (Å²) in [6, 6.07) is 5.51. The number of nitrogens with zero attached hydrogens (tertiary/aromatic N) is 1. The number of anilines is 1. The fourth-order valence-corrected chi connectivity index (χ4v) is 3.35. The standard InChI is InChI=1S/C13H14N2O3S2/c1-8-4-5-10(9(2)6-8)12(16)15-13-14-7-11(19-13)20(3,17)18/h4-7H,1-3H3,(H,14,15,16). The van der Waals surface area contributed by atoms with Crippen LogP contribution in [0, 0.1) is 13.8 Å². The number of sulfone groups is 1. The second kappa shape index (κ2) is 5.34. The molecule has 0 spiro atoms. The zero-order valence-corrected chi connectivity index (χ0v) is 12.9. The van der Waals surface area contributed by atoms with E-state index < -0.39 is 9.84 Å². The minimum absolute atomic E-state index is 0.133. The molecule has 1 heterocycles. The van der Waals surface area contributed by atoms with E-state index in [1.54, 1.807) is 6.07 Å². The van der Waals surface area contributed by atoms with Gasteiger partial charge in [-0.15, -0.1) is 0 Å². The number of carbonyl (C=O) groups is 1. The van der Waals surface area contributed by atoms with Crippen molar-refractivity contribution in [1.29, 1.82) is 0 Å². The molecule has 0 fully saturated rings. The van der Waals surface area contributed by atoms with E-state index in [-0.39, 0.29) is 15.2 Å². The van der Waals surface area contributed by atoms with E-state index in [9.17, 15) is 13.2 Å². The van der Waals surface area contributed by atoms with Crippen LogP contribution < -0.4 is 5.32 Å². The monoisotopic (exact) mass is 310 g/mol. The summed E-state index contributed by atoms with van der Waals surface area (Å²) in [6.07, 6.45) is 2.36. The number of amides is 1. The number of hydrogen-bond donors (Lipinski definition) is 1. The molecule has 0 aliphatic rings. The van der Waals surface area contributed by atoms with Crippen LogP contribution in [-0.2, 0) is 9.84 Å². The molecule has 2 aromatic rings. The van der Waals surface area contributed by atoms with E-state index in [0.717, 1.165) is 28.7 Å². The molecule has 1 N–H and O–H groups in total. The SMILES string of the molecule is Cc1ccc(C(=O)Nc2ncc(S(C)(=O)=O)s2)c(C)c1. The molecule has 0 aliphatic heterocycles. The van der Waals surface area contributed by atoms with Crippen LogP contribution >= 0.6 is 11.3 Å². The number of thiazole rings is 1. The Kier molecular flexibility index (Phi) is 3.92. The highest BCUT2D eigenvalue weighted by Gasteiger charge is 2.15. The van der Waals surface area contributed by atoms with Crippen molar-refractivity contribution in [3.8, 4) is 0 Å². The van der Waals surface area contributed by atoms with Crippen LogP contribution in [0.2, 0.25) is 0 Å². The molecule has 1 aromatic carbocycles. The number of hydrogen-bond acceptors (Lipinski definition) is 5. The molecule has 2 rings (SSSR count). The molecular formula is C13H14N2O3S2. The summed E-state index contributed by atoms with van der Waals surface area (Å²) in [6.45, 7) is 3.81. The largest absolute Gasteiger partial charge is 0.298 e. The molecule has 20 heavy (non-hydrogen) atoms. The second-order valence-corrected chi connectivity index (χ2v) is 7.80. The van der Waals surface area contributed by atoms with E-state index in [1.807, 2.05) is 26.0 Å². The van der Waals surface area contributed by atoms with Crippen molar-refractivity contribution in [2.45, 2.75) is 18.1 Å². The van der Waals surface area contributed by atoms with Gasteiger partial charge < -0.3 is 0 Å². The third-order valence-corrected chi connectivity index (χ3v) is 5.40. The Balaban J connectivity index is 2.22. The van der Waals surface area contributed by atoms with Crippen molar-refractivity contribution in [2.75, 3.05) is 11.6 Å². The Morgan fingerprint density at radius 3 is 2.55 bits per heavy atom. The maximum absolute atomic E-state index is 12.1. The molecule has 7 heteroatoms. The summed E-state index contributed by atoms with van der Waals surface area (Å²) in [5, 5.41) is 2.89. The van der Waals surface area contributed by atoms with Crippen LogP contribution in [0.25, 0.3) is 0 Å². The molecular weight excluding hydrogens is 296 g/mol. The fraction of sp³-hybridized carbons (Fsp3) is 0.231. The highest BCUT2D eigenvalue weighted by atomic mass is 32.2. The lowest BCUT2D eigenvalue weighted by Gasteiger charge is -2.06. The average molecular weight is 310 g/mol. The van der Waals surface area contributed by atoms with Crippen molar-refractivity contribution < 1.29 is 13.2 Å². The number of carbonyl (C=O) groups excluding carboxylic acids is 1. The minimum atomic E-state index is -3.29. The zero-order chi connectivity index (χ0) is 14.9. The first-order valence-electron chi connectivity index (χ1n) is 5.82. The van der Waals surface area contributed by atoms with E-state index in [4.69, 9.17) is 0 Å². The number of rotatable bonds is 3. The highest BCUT2D eigenvalue weighted by Crippen LogP contribution is 2.23. The Labute approximate surface area is 121 Å². The first kappa shape index (κ1) is 14.7. The van der Waals surface area contributed by atoms with Crippen LogP contribution in [0.3, 0.4) is 0 Å². The van der Waals surface area contributed by atoms with Gasteiger partial charge >= 0.3 is 0 Å². The highest BCUT2D eigenvalue weighted by molar-refractivity contribution is 7.92. The summed E-state index contributed by atoms with van der Waals surface area (Å²) < 4.78 is 22.8. The van der Waals surface area contributed by atoms with E-state index in [1.165, 1.54) is 6.20 Å². The van der Waals surface area contributed by atoms with Gasteiger partial charge in [0.15, 0.2) is 15.0 Å². The van der Waals surface area contributed by atoms with E-state index >= 15 is 0 Å². The molecule has 0 saturated carbocycles. The Bertz CT molecular complexity index is 764. The summed E-state index contributed by atoms with van der Waals surface area (Å²) >= 11 is 0.941. The number of nitrogens with one attached hydrogen (secondary N) is 1. The molecule has 1 aromatic heterocycles. The average Bonchev–Trinajstić information content (AvgIpc) is 2.76. The van der Waals surface area contributed by atoms with Crippen LogP contribution in [0.5, 0.6) is 0 Å². The molecule has 106 valence electrons. The van der Waals surface area contributed by atoms with Gasteiger partial charge in [0.25, 0.3) is 5.91 Å². The van der Waals surface area contributed by atoms with Crippen molar-refractivity contribution in [3.63, 3.8) is 0 Å². The number of aryl methyl sites for hydroxylation is 2. The van der Waals surface area contributed by atoms with Crippen molar-refractivity contribution in [2.24, 2.45) is 0 Å². The number of aromatic nitrogens is 1.